The van der Waals surface area contributed by atoms with E-state index in [-0.39, 0.29) is 17.1 Å². The average molecular weight is 354 g/mol. The van der Waals surface area contributed by atoms with Crippen LogP contribution < -0.4 is 0 Å². The minimum atomic E-state index is -4.24. The summed E-state index contributed by atoms with van der Waals surface area (Å²) < 4.78 is 70.6. The van der Waals surface area contributed by atoms with Crippen LogP contribution in [0.2, 0.25) is 0 Å². The van der Waals surface area contributed by atoms with Crippen molar-refractivity contribution in [2.45, 2.75) is 12.4 Å². The summed E-state index contributed by atoms with van der Waals surface area (Å²) in [5, 5.41) is 0. The molecule has 0 aliphatic heterocycles. The Morgan fingerprint density at radius 1 is 0.667 bits per heavy atom. The second-order valence-electron chi connectivity index (χ2n) is 3.58. The van der Waals surface area contributed by atoms with E-state index in [1.165, 1.54) is 24.3 Å². The van der Waals surface area contributed by atoms with E-state index in [0.717, 1.165) is 24.3 Å². The molecule has 0 aliphatic carbocycles. The Balaban J connectivity index is 0.000000364. The predicted octanol–water partition coefficient (Wildman–Crippen LogP) is 5.01. The molecular weight excluding hydrogens is 346 g/mol. The van der Waals surface area contributed by atoms with Crippen molar-refractivity contribution >= 4 is 0 Å². The third kappa shape index (κ3) is 7.20. The van der Waals surface area contributed by atoms with Gasteiger partial charge in [-0.15, -0.1) is 0 Å². The summed E-state index contributed by atoms with van der Waals surface area (Å²) in [6.07, 6.45) is -8.48. The summed E-state index contributed by atoms with van der Waals surface area (Å²) in [5.41, 5.74) is -1.31. The molecule has 0 saturated carbocycles. The van der Waals surface area contributed by atoms with E-state index in [2.05, 4.69) is 12.1 Å². The van der Waals surface area contributed by atoms with Crippen molar-refractivity contribution in [3.8, 4) is 0 Å². The van der Waals surface area contributed by atoms with Gasteiger partial charge in [-0.1, -0.05) is 11.1 Å². The van der Waals surface area contributed by atoms with Gasteiger partial charge in [0.2, 0.25) is 0 Å². The SMILES string of the molecule is FC(F)(F)c1c[c-]ccc1.FC(F)(F)c1c[c-]ccc1.[Cu+2]. The molecule has 0 bridgehead atoms. The molecular formula is C14H8CuF6. The first-order chi connectivity index (χ1) is 9.21. The molecule has 1 radical (unpaired) electrons. The van der Waals surface area contributed by atoms with E-state index >= 15 is 0 Å². The van der Waals surface area contributed by atoms with Crippen molar-refractivity contribution in [1.82, 2.24) is 0 Å². The molecule has 0 aliphatic rings. The molecule has 7 heteroatoms. The third-order valence-electron chi connectivity index (χ3n) is 2.07. The standard InChI is InChI=1S/2C7H4F3.Cu/c2*8-7(9,10)6-4-2-1-3-5-6;/h2*1-2,4-5H;/q2*-1;+2. The van der Waals surface area contributed by atoms with E-state index < -0.39 is 23.5 Å². The summed E-state index contributed by atoms with van der Waals surface area (Å²) in [5.74, 6) is 0. The summed E-state index contributed by atoms with van der Waals surface area (Å²) in [7, 11) is 0. The first kappa shape index (κ1) is 19.5. The Morgan fingerprint density at radius 3 is 1.14 bits per heavy atom. The fourth-order valence-corrected chi connectivity index (χ4v) is 1.14. The number of benzene rings is 2. The molecule has 2 aromatic rings. The van der Waals surface area contributed by atoms with Gasteiger partial charge in [0.15, 0.2) is 0 Å². The van der Waals surface area contributed by atoms with Crippen molar-refractivity contribution in [2.75, 3.05) is 0 Å². The van der Waals surface area contributed by atoms with Gasteiger partial charge in [-0.2, -0.15) is 87.0 Å². The average Bonchev–Trinajstić information content (AvgIpc) is 2.40. The molecule has 21 heavy (non-hydrogen) atoms. The Bertz CT molecular complexity index is 455. The van der Waals surface area contributed by atoms with E-state index in [9.17, 15) is 26.3 Å². The van der Waals surface area contributed by atoms with E-state index in [0.29, 0.717) is 0 Å². The summed E-state index contributed by atoms with van der Waals surface area (Å²) >= 11 is 0. The van der Waals surface area contributed by atoms with Gasteiger partial charge in [0.05, 0.1) is 0 Å². The van der Waals surface area contributed by atoms with Crippen LogP contribution in [0.25, 0.3) is 0 Å². The van der Waals surface area contributed by atoms with Crippen LogP contribution in [0.5, 0.6) is 0 Å². The van der Waals surface area contributed by atoms with Crippen LogP contribution in [-0.4, -0.2) is 0 Å². The maximum absolute atomic E-state index is 11.8. The molecule has 0 unspecified atom stereocenters. The number of alkyl halides is 6. The molecule has 0 aromatic heterocycles. The topological polar surface area (TPSA) is 0 Å². The first-order valence-electron chi connectivity index (χ1n) is 5.28. The Morgan fingerprint density at radius 2 is 1.00 bits per heavy atom. The van der Waals surface area contributed by atoms with Crippen molar-refractivity contribution in [3.63, 3.8) is 0 Å². The number of rotatable bonds is 0. The van der Waals surface area contributed by atoms with Gasteiger partial charge < -0.3 is 0 Å². The zero-order chi connectivity index (χ0) is 15.2. The van der Waals surface area contributed by atoms with Crippen LogP contribution in [-0.2, 0) is 29.4 Å². The maximum atomic E-state index is 11.8. The minimum Gasteiger partial charge on any atom is -0.183 e. The quantitative estimate of drug-likeness (QED) is 0.355. The molecule has 0 fully saturated rings. The van der Waals surface area contributed by atoms with Gasteiger partial charge in [0.25, 0.3) is 0 Å². The van der Waals surface area contributed by atoms with E-state index in [1.54, 1.807) is 0 Å². The van der Waals surface area contributed by atoms with Crippen LogP contribution in [0, 0.1) is 12.1 Å². The third-order valence-corrected chi connectivity index (χ3v) is 2.07. The van der Waals surface area contributed by atoms with Crippen LogP contribution in [0.1, 0.15) is 11.1 Å². The smallest absolute Gasteiger partial charge is 0.183 e. The van der Waals surface area contributed by atoms with Gasteiger partial charge in [-0.25, -0.2) is 0 Å². The molecule has 0 saturated heterocycles. The van der Waals surface area contributed by atoms with E-state index in [4.69, 9.17) is 0 Å². The Hall–Kier alpha value is -1.46. The maximum Gasteiger partial charge on any atom is 2.00 e. The predicted molar refractivity (Wildman–Crippen MR) is 60.6 cm³/mol. The molecule has 0 spiro atoms. The molecule has 0 atom stereocenters. The van der Waals surface area contributed by atoms with E-state index in [1.807, 2.05) is 0 Å². The van der Waals surface area contributed by atoms with Crippen LogP contribution >= 0.6 is 0 Å². The van der Waals surface area contributed by atoms with Gasteiger partial charge in [-0.3, -0.25) is 0 Å². The van der Waals surface area contributed by atoms with Gasteiger partial charge in [0, 0.05) is 0 Å². The fourth-order valence-electron chi connectivity index (χ4n) is 1.14. The summed E-state index contributed by atoms with van der Waals surface area (Å²) in [6, 6.07) is 14.0. The largest absolute Gasteiger partial charge is 2.00 e. The van der Waals surface area contributed by atoms with Crippen LogP contribution in [0.4, 0.5) is 26.3 Å². The second-order valence-corrected chi connectivity index (χ2v) is 3.58. The zero-order valence-electron chi connectivity index (χ0n) is 10.2. The first-order valence-corrected chi connectivity index (χ1v) is 5.28. The second kappa shape index (κ2) is 8.10. The normalized spacial score (nSPS) is 11.0. The zero-order valence-corrected chi connectivity index (χ0v) is 11.1. The summed E-state index contributed by atoms with van der Waals surface area (Å²) in [6.45, 7) is 0. The fraction of sp³-hybridized carbons (Fsp3) is 0.143. The van der Waals surface area contributed by atoms with Gasteiger partial charge in [-0.05, 0) is 0 Å². The number of hydrogen-bond donors (Lipinski definition) is 0. The molecule has 0 heterocycles. The minimum absolute atomic E-state index is 0. The van der Waals surface area contributed by atoms with Crippen molar-refractivity contribution < 1.29 is 43.4 Å². The molecule has 0 N–H and O–H groups in total. The monoisotopic (exact) mass is 353 g/mol. The van der Waals surface area contributed by atoms with Gasteiger partial charge >= 0.3 is 29.4 Å². The molecule has 0 nitrogen and oxygen atoms in total. The van der Waals surface area contributed by atoms with Crippen molar-refractivity contribution in [1.29, 1.82) is 0 Å². The molecule has 117 valence electrons. The van der Waals surface area contributed by atoms with Gasteiger partial charge in [0.1, 0.15) is 0 Å². The van der Waals surface area contributed by atoms with Crippen molar-refractivity contribution in [3.05, 3.63) is 71.8 Å². The van der Waals surface area contributed by atoms with Crippen LogP contribution in [0.15, 0.2) is 48.5 Å². The van der Waals surface area contributed by atoms with Crippen molar-refractivity contribution in [2.24, 2.45) is 0 Å². The summed E-state index contributed by atoms with van der Waals surface area (Å²) in [4.78, 5) is 0. The molecule has 2 rings (SSSR count). The Labute approximate surface area is 128 Å². The molecule has 0 amide bonds. The van der Waals surface area contributed by atoms with Crippen LogP contribution in [0.3, 0.4) is 0 Å². The Kier molecular flexibility index (Phi) is 7.53. The number of hydrogen-bond acceptors (Lipinski definition) is 0. The molecule has 2 aromatic carbocycles. The number of halogens is 6.